The molecule has 3 heterocycles. The normalized spacial score (nSPS) is 11.2. The summed E-state index contributed by atoms with van der Waals surface area (Å²) in [5.41, 5.74) is 3.30. The Hall–Kier alpha value is -3.12. The van der Waals surface area contributed by atoms with Gasteiger partial charge < -0.3 is 15.4 Å². The van der Waals surface area contributed by atoms with Crippen molar-refractivity contribution in [1.82, 2.24) is 14.4 Å². The number of aryl methyl sites for hydroxylation is 1. The second-order valence-electron chi connectivity index (χ2n) is 5.74. The van der Waals surface area contributed by atoms with Crippen LogP contribution in [0, 0.1) is 6.92 Å². The standard InChI is InChI=1S/C18H16N4O2/c1-11-2-5-16-21-17(14(10-23)18(24)22(16)9-11)20-13-3-4-15-12(8-13)6-7-19-15/h2-9,19-20,23H,10H2,1H3. The molecule has 0 unspecified atom stereocenters. The summed E-state index contributed by atoms with van der Waals surface area (Å²) in [6, 6.07) is 11.5. The maximum atomic E-state index is 12.6. The third-order valence-corrected chi connectivity index (χ3v) is 4.04. The Morgan fingerprint density at radius 1 is 1.25 bits per heavy atom. The van der Waals surface area contributed by atoms with Crippen molar-refractivity contribution in [3.05, 3.63) is 70.3 Å². The van der Waals surface area contributed by atoms with Crippen molar-refractivity contribution in [2.45, 2.75) is 13.5 Å². The molecule has 0 aliphatic carbocycles. The van der Waals surface area contributed by atoms with E-state index in [4.69, 9.17) is 0 Å². The van der Waals surface area contributed by atoms with Crippen LogP contribution < -0.4 is 10.9 Å². The van der Waals surface area contributed by atoms with Gasteiger partial charge in [0.15, 0.2) is 0 Å². The quantitative estimate of drug-likeness (QED) is 0.542. The minimum atomic E-state index is -0.378. The van der Waals surface area contributed by atoms with Crippen molar-refractivity contribution in [3.8, 4) is 0 Å². The van der Waals surface area contributed by atoms with Gasteiger partial charge in [-0.25, -0.2) is 4.98 Å². The molecule has 0 amide bonds. The van der Waals surface area contributed by atoms with Crippen molar-refractivity contribution in [2.75, 3.05) is 5.32 Å². The molecule has 3 N–H and O–H groups in total. The van der Waals surface area contributed by atoms with Gasteiger partial charge >= 0.3 is 0 Å². The average molecular weight is 320 g/mol. The van der Waals surface area contributed by atoms with E-state index in [-0.39, 0.29) is 17.7 Å². The number of rotatable bonds is 3. The molecule has 4 rings (SSSR count). The number of pyridine rings is 1. The Kier molecular flexibility index (Phi) is 3.32. The smallest absolute Gasteiger partial charge is 0.265 e. The van der Waals surface area contributed by atoms with Gasteiger partial charge in [0.1, 0.15) is 11.5 Å². The largest absolute Gasteiger partial charge is 0.391 e. The first-order chi connectivity index (χ1) is 11.7. The highest BCUT2D eigenvalue weighted by molar-refractivity contribution is 5.84. The minimum Gasteiger partial charge on any atom is -0.391 e. The van der Waals surface area contributed by atoms with Gasteiger partial charge in [-0.15, -0.1) is 0 Å². The van der Waals surface area contributed by atoms with E-state index < -0.39 is 0 Å². The van der Waals surface area contributed by atoms with Crippen molar-refractivity contribution < 1.29 is 5.11 Å². The number of nitrogens with zero attached hydrogens (tertiary/aromatic N) is 2. The first-order valence-corrected chi connectivity index (χ1v) is 7.62. The van der Waals surface area contributed by atoms with E-state index in [0.717, 1.165) is 22.2 Å². The number of hydrogen-bond donors (Lipinski definition) is 3. The van der Waals surface area contributed by atoms with E-state index >= 15 is 0 Å². The van der Waals surface area contributed by atoms with Gasteiger partial charge in [0, 0.05) is 29.0 Å². The number of hydrogen-bond acceptors (Lipinski definition) is 4. The lowest BCUT2D eigenvalue weighted by Gasteiger charge is -2.12. The van der Waals surface area contributed by atoms with Crippen LogP contribution in [0.1, 0.15) is 11.1 Å². The fourth-order valence-electron chi connectivity index (χ4n) is 2.80. The number of aromatic amines is 1. The molecule has 6 heteroatoms. The lowest BCUT2D eigenvalue weighted by molar-refractivity contribution is 0.280. The molecule has 24 heavy (non-hydrogen) atoms. The molecular formula is C18H16N4O2. The zero-order valence-corrected chi connectivity index (χ0v) is 13.1. The lowest BCUT2D eigenvalue weighted by Crippen LogP contribution is -2.22. The number of fused-ring (bicyclic) bond motifs is 2. The SMILES string of the molecule is Cc1ccc2nc(Nc3ccc4[nH]ccc4c3)c(CO)c(=O)n2c1. The van der Waals surface area contributed by atoms with Crippen LogP contribution in [0.4, 0.5) is 11.5 Å². The monoisotopic (exact) mass is 320 g/mol. The number of anilines is 2. The third-order valence-electron chi connectivity index (χ3n) is 4.04. The summed E-state index contributed by atoms with van der Waals surface area (Å²) in [5, 5.41) is 13.9. The molecular weight excluding hydrogens is 304 g/mol. The summed E-state index contributed by atoms with van der Waals surface area (Å²) in [7, 11) is 0. The molecule has 0 aliphatic heterocycles. The van der Waals surface area contributed by atoms with Crippen LogP contribution in [0.25, 0.3) is 16.6 Å². The highest BCUT2D eigenvalue weighted by Gasteiger charge is 2.12. The van der Waals surface area contributed by atoms with Crippen LogP contribution in [0.2, 0.25) is 0 Å². The predicted molar refractivity (Wildman–Crippen MR) is 93.7 cm³/mol. The van der Waals surface area contributed by atoms with E-state index in [9.17, 15) is 9.90 Å². The Labute approximate surface area is 137 Å². The summed E-state index contributed by atoms with van der Waals surface area (Å²) in [5.74, 6) is 0.376. The van der Waals surface area contributed by atoms with Gasteiger partial charge in [-0.3, -0.25) is 9.20 Å². The van der Waals surface area contributed by atoms with Gasteiger partial charge in [-0.1, -0.05) is 6.07 Å². The van der Waals surface area contributed by atoms with Gasteiger partial charge in [0.05, 0.1) is 12.2 Å². The first kappa shape index (κ1) is 14.5. The van der Waals surface area contributed by atoms with Crippen LogP contribution in [0.3, 0.4) is 0 Å². The second kappa shape index (κ2) is 5.50. The Bertz CT molecular complexity index is 1110. The van der Waals surface area contributed by atoms with Crippen molar-refractivity contribution in [2.24, 2.45) is 0 Å². The summed E-state index contributed by atoms with van der Waals surface area (Å²) in [6.07, 6.45) is 3.59. The minimum absolute atomic E-state index is 0.243. The highest BCUT2D eigenvalue weighted by atomic mass is 16.3. The molecule has 6 nitrogen and oxygen atoms in total. The Morgan fingerprint density at radius 2 is 2.12 bits per heavy atom. The fraction of sp³-hybridized carbons (Fsp3) is 0.111. The maximum absolute atomic E-state index is 12.6. The first-order valence-electron chi connectivity index (χ1n) is 7.62. The predicted octanol–water partition coefficient (Wildman–Crippen LogP) is 2.72. The van der Waals surface area contributed by atoms with Gasteiger partial charge in [0.25, 0.3) is 5.56 Å². The number of benzene rings is 1. The van der Waals surface area contributed by atoms with Crippen LogP contribution in [-0.4, -0.2) is 19.5 Å². The van der Waals surface area contributed by atoms with E-state index in [1.165, 1.54) is 4.40 Å². The number of H-pyrrole nitrogens is 1. The zero-order chi connectivity index (χ0) is 16.7. The molecule has 0 aliphatic rings. The Balaban J connectivity index is 1.85. The molecule has 0 bridgehead atoms. The summed E-state index contributed by atoms with van der Waals surface area (Å²) < 4.78 is 1.46. The van der Waals surface area contributed by atoms with Crippen LogP contribution >= 0.6 is 0 Å². The molecule has 1 aromatic carbocycles. The van der Waals surface area contributed by atoms with E-state index in [1.807, 2.05) is 43.5 Å². The summed E-state index contributed by atoms with van der Waals surface area (Å²) in [6.45, 7) is 1.53. The van der Waals surface area contributed by atoms with E-state index in [2.05, 4.69) is 15.3 Å². The molecule has 0 saturated carbocycles. The van der Waals surface area contributed by atoms with Crippen LogP contribution in [0.15, 0.2) is 53.6 Å². The molecule has 0 fully saturated rings. The summed E-state index contributed by atoms with van der Waals surface area (Å²) >= 11 is 0. The van der Waals surface area contributed by atoms with E-state index in [1.54, 1.807) is 12.3 Å². The van der Waals surface area contributed by atoms with Gasteiger partial charge in [-0.2, -0.15) is 0 Å². The summed E-state index contributed by atoms with van der Waals surface area (Å²) in [4.78, 5) is 20.2. The number of nitrogens with one attached hydrogen (secondary N) is 2. The van der Waals surface area contributed by atoms with Crippen molar-refractivity contribution in [1.29, 1.82) is 0 Å². The Morgan fingerprint density at radius 3 is 2.96 bits per heavy atom. The highest BCUT2D eigenvalue weighted by Crippen LogP contribution is 2.22. The average Bonchev–Trinajstić information content (AvgIpc) is 3.04. The van der Waals surface area contributed by atoms with Crippen LogP contribution in [0.5, 0.6) is 0 Å². The molecule has 0 saturated heterocycles. The molecule has 0 atom stereocenters. The molecule has 0 spiro atoms. The van der Waals surface area contributed by atoms with Gasteiger partial charge in [0.2, 0.25) is 0 Å². The van der Waals surface area contributed by atoms with E-state index in [0.29, 0.717) is 11.5 Å². The topological polar surface area (TPSA) is 82.4 Å². The maximum Gasteiger partial charge on any atom is 0.265 e. The van der Waals surface area contributed by atoms with Crippen molar-refractivity contribution >= 4 is 28.1 Å². The zero-order valence-electron chi connectivity index (χ0n) is 13.1. The van der Waals surface area contributed by atoms with Crippen molar-refractivity contribution in [3.63, 3.8) is 0 Å². The number of aromatic nitrogens is 3. The molecule has 4 aromatic rings. The number of aliphatic hydroxyl groups excluding tert-OH is 1. The fourth-order valence-corrected chi connectivity index (χ4v) is 2.80. The second-order valence-corrected chi connectivity index (χ2v) is 5.74. The van der Waals surface area contributed by atoms with Crippen LogP contribution in [-0.2, 0) is 6.61 Å². The number of aliphatic hydroxyl groups is 1. The molecule has 0 radical (unpaired) electrons. The third kappa shape index (κ3) is 2.33. The molecule has 3 aromatic heterocycles. The lowest BCUT2D eigenvalue weighted by atomic mass is 10.2. The van der Waals surface area contributed by atoms with Gasteiger partial charge in [-0.05, 0) is 42.8 Å². The molecule has 120 valence electrons.